The summed E-state index contributed by atoms with van der Waals surface area (Å²) in [6.07, 6.45) is 4.20. The second-order valence-electron chi connectivity index (χ2n) is 4.10. The van der Waals surface area contributed by atoms with Crippen LogP contribution in [0.2, 0.25) is 0 Å². The van der Waals surface area contributed by atoms with Gasteiger partial charge in [0.05, 0.1) is 0 Å². The Balaban J connectivity index is 2.54. The fraction of sp³-hybridized carbons (Fsp3) is 0.800. The molecule has 1 saturated heterocycles. The molecule has 0 spiro atoms. The second-order valence-corrected chi connectivity index (χ2v) is 5.85. The summed E-state index contributed by atoms with van der Waals surface area (Å²) in [5.74, 6) is 0. The van der Waals surface area contributed by atoms with Gasteiger partial charge in [-0.2, -0.15) is 17.4 Å². The minimum atomic E-state index is -3.28. The Kier molecular flexibility index (Phi) is 4.76. The maximum atomic E-state index is 11.8. The molecular formula is C10H20N2O2S. The second kappa shape index (κ2) is 5.63. The van der Waals surface area contributed by atoms with Crippen LogP contribution < -0.4 is 4.72 Å². The Labute approximate surface area is 92.5 Å². The van der Waals surface area contributed by atoms with E-state index < -0.39 is 10.2 Å². The number of rotatable bonds is 4. The fourth-order valence-corrected chi connectivity index (χ4v) is 2.94. The summed E-state index contributed by atoms with van der Waals surface area (Å²) in [6, 6.07) is 0. The normalized spacial score (nSPS) is 19.8. The highest BCUT2D eigenvalue weighted by Crippen LogP contribution is 2.12. The van der Waals surface area contributed by atoms with Gasteiger partial charge in [0.25, 0.3) is 10.2 Å². The average molecular weight is 232 g/mol. The van der Waals surface area contributed by atoms with Crippen molar-refractivity contribution in [1.82, 2.24) is 9.03 Å². The van der Waals surface area contributed by atoms with Gasteiger partial charge >= 0.3 is 0 Å². The highest BCUT2D eigenvalue weighted by atomic mass is 32.2. The van der Waals surface area contributed by atoms with E-state index in [2.05, 4.69) is 11.3 Å². The molecule has 15 heavy (non-hydrogen) atoms. The zero-order chi connectivity index (χ0) is 11.3. The summed E-state index contributed by atoms with van der Waals surface area (Å²) < 4.78 is 27.7. The van der Waals surface area contributed by atoms with Crippen molar-refractivity contribution in [3.8, 4) is 0 Å². The van der Waals surface area contributed by atoms with Gasteiger partial charge in [0.15, 0.2) is 0 Å². The zero-order valence-electron chi connectivity index (χ0n) is 9.33. The zero-order valence-corrected chi connectivity index (χ0v) is 10.1. The molecule has 0 saturated carbocycles. The Hall–Kier alpha value is -0.390. The van der Waals surface area contributed by atoms with E-state index in [4.69, 9.17) is 0 Å². The third-order valence-corrected chi connectivity index (χ3v) is 4.02. The first kappa shape index (κ1) is 12.7. The highest BCUT2D eigenvalue weighted by Gasteiger charge is 2.21. The van der Waals surface area contributed by atoms with Crippen LogP contribution >= 0.6 is 0 Å². The summed E-state index contributed by atoms with van der Waals surface area (Å²) in [6.45, 7) is 7.11. The van der Waals surface area contributed by atoms with E-state index in [9.17, 15) is 8.42 Å². The van der Waals surface area contributed by atoms with Gasteiger partial charge in [0.2, 0.25) is 0 Å². The summed E-state index contributed by atoms with van der Waals surface area (Å²) in [7, 11) is -3.28. The first-order valence-electron chi connectivity index (χ1n) is 5.41. The molecule has 0 aliphatic carbocycles. The van der Waals surface area contributed by atoms with Crippen molar-refractivity contribution in [3.05, 3.63) is 12.2 Å². The lowest BCUT2D eigenvalue weighted by Crippen LogP contribution is -2.41. The minimum Gasteiger partial charge on any atom is -0.198 e. The number of nitrogens with zero attached hydrogens (tertiary/aromatic N) is 1. The molecule has 1 aliphatic rings. The van der Waals surface area contributed by atoms with Gasteiger partial charge in [-0.15, -0.1) is 0 Å². The van der Waals surface area contributed by atoms with E-state index in [1.165, 1.54) is 0 Å². The van der Waals surface area contributed by atoms with Gasteiger partial charge in [-0.1, -0.05) is 25.0 Å². The lowest BCUT2D eigenvalue weighted by molar-refractivity contribution is 0.416. The van der Waals surface area contributed by atoms with Crippen LogP contribution in [0.25, 0.3) is 0 Å². The van der Waals surface area contributed by atoms with E-state index in [1.807, 2.05) is 6.92 Å². The van der Waals surface area contributed by atoms with Crippen molar-refractivity contribution >= 4 is 10.2 Å². The molecule has 0 aromatic rings. The minimum absolute atomic E-state index is 0.332. The van der Waals surface area contributed by atoms with E-state index in [1.54, 1.807) is 4.31 Å². The molecule has 0 radical (unpaired) electrons. The Morgan fingerprint density at radius 1 is 1.27 bits per heavy atom. The van der Waals surface area contributed by atoms with Gasteiger partial charge < -0.3 is 0 Å². The van der Waals surface area contributed by atoms with Crippen LogP contribution in [0.4, 0.5) is 0 Å². The van der Waals surface area contributed by atoms with E-state index in [-0.39, 0.29) is 0 Å². The predicted octanol–water partition coefficient (Wildman–Crippen LogP) is 1.27. The lowest BCUT2D eigenvalue weighted by atomic mass is 10.2. The van der Waals surface area contributed by atoms with E-state index in [0.29, 0.717) is 19.6 Å². The van der Waals surface area contributed by atoms with Gasteiger partial charge in [-0.3, -0.25) is 0 Å². The molecule has 0 aromatic carbocycles. The maximum Gasteiger partial charge on any atom is 0.279 e. The van der Waals surface area contributed by atoms with Crippen molar-refractivity contribution in [2.75, 3.05) is 19.6 Å². The Morgan fingerprint density at radius 2 is 1.80 bits per heavy atom. The van der Waals surface area contributed by atoms with E-state index in [0.717, 1.165) is 31.3 Å². The van der Waals surface area contributed by atoms with Gasteiger partial charge in [-0.05, 0) is 19.8 Å². The molecule has 0 atom stereocenters. The third kappa shape index (κ3) is 4.32. The summed E-state index contributed by atoms with van der Waals surface area (Å²) in [5.41, 5.74) is 0.827. The smallest absolute Gasteiger partial charge is 0.198 e. The molecule has 0 bridgehead atoms. The van der Waals surface area contributed by atoms with E-state index >= 15 is 0 Å². The fourth-order valence-electron chi connectivity index (χ4n) is 1.59. The molecule has 5 heteroatoms. The van der Waals surface area contributed by atoms with Crippen molar-refractivity contribution in [3.63, 3.8) is 0 Å². The van der Waals surface area contributed by atoms with Crippen LogP contribution in [0.3, 0.4) is 0 Å². The number of hydrogen-bond donors (Lipinski definition) is 1. The number of nitrogens with one attached hydrogen (secondary N) is 1. The lowest BCUT2D eigenvalue weighted by Gasteiger charge is -2.20. The first-order valence-corrected chi connectivity index (χ1v) is 6.85. The standard InChI is InChI=1S/C10H20N2O2S/c1-10(2)9-11-15(13,14)12-7-5-3-4-6-8-12/h11H,1,3-9H2,2H3. The Bertz CT molecular complexity index is 303. The molecule has 1 N–H and O–H groups in total. The first-order chi connectivity index (χ1) is 7.02. The van der Waals surface area contributed by atoms with Crippen LogP contribution in [0.15, 0.2) is 12.2 Å². The molecule has 0 unspecified atom stereocenters. The highest BCUT2D eigenvalue weighted by molar-refractivity contribution is 7.87. The topological polar surface area (TPSA) is 49.4 Å². The summed E-state index contributed by atoms with van der Waals surface area (Å²) in [5, 5.41) is 0. The van der Waals surface area contributed by atoms with Crippen LogP contribution in [-0.4, -0.2) is 32.4 Å². The molecule has 4 nitrogen and oxygen atoms in total. The van der Waals surface area contributed by atoms with Crippen LogP contribution in [-0.2, 0) is 10.2 Å². The third-order valence-electron chi connectivity index (χ3n) is 2.46. The molecule has 1 aliphatic heterocycles. The molecule has 1 fully saturated rings. The van der Waals surface area contributed by atoms with Crippen LogP contribution in [0, 0.1) is 0 Å². The molecule has 1 heterocycles. The van der Waals surface area contributed by atoms with Crippen molar-refractivity contribution < 1.29 is 8.42 Å². The van der Waals surface area contributed by atoms with Crippen molar-refractivity contribution in [2.45, 2.75) is 32.6 Å². The summed E-state index contributed by atoms with van der Waals surface area (Å²) in [4.78, 5) is 0. The van der Waals surface area contributed by atoms with Gasteiger partial charge in [0.1, 0.15) is 0 Å². The molecule has 0 aromatic heterocycles. The predicted molar refractivity (Wildman–Crippen MR) is 61.8 cm³/mol. The van der Waals surface area contributed by atoms with Gasteiger partial charge in [0, 0.05) is 19.6 Å². The van der Waals surface area contributed by atoms with Crippen LogP contribution in [0.1, 0.15) is 32.6 Å². The molecule has 88 valence electrons. The molecule has 1 rings (SSSR count). The maximum absolute atomic E-state index is 11.8. The average Bonchev–Trinajstić information content (AvgIpc) is 2.43. The Morgan fingerprint density at radius 3 is 2.27 bits per heavy atom. The van der Waals surface area contributed by atoms with Crippen molar-refractivity contribution in [2.24, 2.45) is 0 Å². The quantitative estimate of drug-likeness (QED) is 0.742. The summed E-state index contributed by atoms with van der Waals surface area (Å²) >= 11 is 0. The monoisotopic (exact) mass is 232 g/mol. The van der Waals surface area contributed by atoms with Crippen LogP contribution in [0.5, 0.6) is 0 Å². The largest absolute Gasteiger partial charge is 0.279 e. The molecular weight excluding hydrogens is 212 g/mol. The van der Waals surface area contributed by atoms with Crippen molar-refractivity contribution in [1.29, 1.82) is 0 Å². The number of hydrogen-bond acceptors (Lipinski definition) is 2. The van der Waals surface area contributed by atoms with Gasteiger partial charge in [-0.25, -0.2) is 0 Å². The molecule has 0 amide bonds. The SMILES string of the molecule is C=C(C)CNS(=O)(=O)N1CCCCCC1.